The molecule has 0 saturated carbocycles. The van der Waals surface area contributed by atoms with Crippen molar-refractivity contribution < 1.29 is 24.2 Å². The Bertz CT molecular complexity index is 586. The number of oxime groups is 1. The van der Waals surface area contributed by atoms with Crippen LogP contribution in [-0.2, 0) is 9.63 Å². The van der Waals surface area contributed by atoms with Gasteiger partial charge >= 0.3 is 5.97 Å². The summed E-state index contributed by atoms with van der Waals surface area (Å²) in [5.74, 6) is 0.283. The number of carboxylic acids is 1. The molecule has 0 aliphatic carbocycles. The number of rotatable bonds is 2. The molecule has 6 nitrogen and oxygen atoms in total. The SMILES string of the molecule is O=C(O)C1CC(c2cc(Br)c3c(c2)OCCCO3)=NO1. The molecule has 0 spiro atoms. The molecule has 1 N–H and O–H groups in total. The highest BCUT2D eigenvalue weighted by Crippen LogP contribution is 2.39. The number of carboxylic acid groups (broad SMARTS) is 1. The predicted molar refractivity (Wildman–Crippen MR) is 73.4 cm³/mol. The monoisotopic (exact) mass is 341 g/mol. The summed E-state index contributed by atoms with van der Waals surface area (Å²) in [6, 6.07) is 3.64. The molecule has 0 amide bonds. The van der Waals surface area contributed by atoms with Gasteiger partial charge in [-0.2, -0.15) is 0 Å². The lowest BCUT2D eigenvalue weighted by Gasteiger charge is -2.11. The largest absolute Gasteiger partial charge is 0.489 e. The van der Waals surface area contributed by atoms with E-state index in [9.17, 15) is 4.79 Å². The number of hydrogen-bond donors (Lipinski definition) is 1. The van der Waals surface area contributed by atoms with Crippen LogP contribution in [0.2, 0.25) is 0 Å². The molecule has 0 saturated heterocycles. The number of benzene rings is 1. The van der Waals surface area contributed by atoms with Gasteiger partial charge in [0, 0.05) is 18.4 Å². The van der Waals surface area contributed by atoms with E-state index in [1.165, 1.54) is 0 Å². The van der Waals surface area contributed by atoms with E-state index in [4.69, 9.17) is 19.4 Å². The molecular formula is C13H12BrNO5. The average Bonchev–Trinajstić information content (AvgIpc) is 2.79. The Morgan fingerprint density at radius 2 is 2.15 bits per heavy atom. The summed E-state index contributed by atoms with van der Waals surface area (Å²) in [7, 11) is 0. The molecule has 0 bridgehead atoms. The third kappa shape index (κ3) is 2.45. The second-order valence-electron chi connectivity index (χ2n) is 4.51. The summed E-state index contributed by atoms with van der Waals surface area (Å²) in [4.78, 5) is 15.8. The molecule has 1 atom stereocenters. The van der Waals surface area contributed by atoms with Gasteiger partial charge in [0.25, 0.3) is 0 Å². The summed E-state index contributed by atoms with van der Waals surface area (Å²) < 4.78 is 12.0. The predicted octanol–water partition coefficient (Wildman–Crippen LogP) is 2.19. The lowest BCUT2D eigenvalue weighted by molar-refractivity contribution is -0.148. The van der Waals surface area contributed by atoms with Crippen molar-refractivity contribution in [2.45, 2.75) is 18.9 Å². The highest BCUT2D eigenvalue weighted by atomic mass is 79.9. The van der Waals surface area contributed by atoms with Crippen LogP contribution < -0.4 is 9.47 Å². The molecule has 0 radical (unpaired) electrons. The van der Waals surface area contributed by atoms with E-state index < -0.39 is 12.1 Å². The second-order valence-corrected chi connectivity index (χ2v) is 5.36. The molecule has 106 valence electrons. The van der Waals surface area contributed by atoms with Crippen LogP contribution in [-0.4, -0.2) is 36.1 Å². The Balaban J connectivity index is 1.90. The van der Waals surface area contributed by atoms with E-state index in [1.807, 2.05) is 6.07 Å². The van der Waals surface area contributed by atoms with Crippen LogP contribution in [0.15, 0.2) is 21.8 Å². The van der Waals surface area contributed by atoms with Gasteiger partial charge in [-0.25, -0.2) is 4.79 Å². The van der Waals surface area contributed by atoms with Crippen molar-refractivity contribution in [3.05, 3.63) is 22.2 Å². The van der Waals surface area contributed by atoms with E-state index in [-0.39, 0.29) is 6.42 Å². The molecule has 20 heavy (non-hydrogen) atoms. The third-order valence-corrected chi connectivity index (χ3v) is 3.67. The van der Waals surface area contributed by atoms with Crippen molar-refractivity contribution in [3.8, 4) is 11.5 Å². The van der Waals surface area contributed by atoms with E-state index in [0.29, 0.717) is 30.4 Å². The van der Waals surface area contributed by atoms with Crippen LogP contribution in [0, 0.1) is 0 Å². The molecule has 0 aromatic heterocycles. The smallest absolute Gasteiger partial charge is 0.348 e. The van der Waals surface area contributed by atoms with Crippen LogP contribution in [0.1, 0.15) is 18.4 Å². The Morgan fingerprint density at radius 3 is 2.90 bits per heavy atom. The molecule has 0 fully saturated rings. The number of aliphatic carboxylic acids is 1. The summed E-state index contributed by atoms with van der Waals surface area (Å²) in [5, 5.41) is 12.8. The van der Waals surface area contributed by atoms with E-state index >= 15 is 0 Å². The van der Waals surface area contributed by atoms with E-state index in [1.54, 1.807) is 6.07 Å². The lowest BCUT2D eigenvalue weighted by atomic mass is 10.0. The first-order chi connectivity index (χ1) is 9.65. The van der Waals surface area contributed by atoms with Gasteiger partial charge in [0.15, 0.2) is 11.5 Å². The van der Waals surface area contributed by atoms with Gasteiger partial charge in [-0.05, 0) is 28.1 Å². The van der Waals surface area contributed by atoms with Crippen molar-refractivity contribution in [1.82, 2.24) is 0 Å². The zero-order valence-electron chi connectivity index (χ0n) is 10.5. The van der Waals surface area contributed by atoms with Crippen LogP contribution in [0.5, 0.6) is 11.5 Å². The number of hydrogen-bond acceptors (Lipinski definition) is 5. The first-order valence-corrected chi connectivity index (χ1v) is 6.99. The van der Waals surface area contributed by atoms with E-state index in [2.05, 4.69) is 21.1 Å². The van der Waals surface area contributed by atoms with Gasteiger partial charge < -0.3 is 19.4 Å². The first kappa shape index (κ1) is 13.2. The maximum Gasteiger partial charge on any atom is 0.348 e. The Hall–Kier alpha value is -1.76. The van der Waals surface area contributed by atoms with Gasteiger partial charge in [0.2, 0.25) is 6.10 Å². The quantitative estimate of drug-likeness (QED) is 0.892. The number of carbonyl (C=O) groups is 1. The lowest BCUT2D eigenvalue weighted by Crippen LogP contribution is -2.19. The molecule has 2 aliphatic heterocycles. The molecule has 7 heteroatoms. The van der Waals surface area contributed by atoms with Crippen LogP contribution in [0.25, 0.3) is 0 Å². The van der Waals surface area contributed by atoms with Crippen LogP contribution >= 0.6 is 15.9 Å². The highest BCUT2D eigenvalue weighted by Gasteiger charge is 2.29. The molecular weight excluding hydrogens is 330 g/mol. The zero-order chi connectivity index (χ0) is 14.1. The van der Waals surface area contributed by atoms with Gasteiger partial charge in [-0.15, -0.1) is 0 Å². The number of ether oxygens (including phenoxy) is 2. The second kappa shape index (κ2) is 5.32. The van der Waals surface area contributed by atoms with Gasteiger partial charge in [-0.1, -0.05) is 5.16 Å². The van der Waals surface area contributed by atoms with Gasteiger partial charge in [-0.3, -0.25) is 0 Å². The minimum atomic E-state index is -1.02. The van der Waals surface area contributed by atoms with Crippen molar-refractivity contribution in [3.63, 3.8) is 0 Å². The molecule has 1 unspecified atom stereocenters. The third-order valence-electron chi connectivity index (χ3n) is 3.08. The normalized spacial score (nSPS) is 20.9. The summed E-state index contributed by atoms with van der Waals surface area (Å²) in [6.07, 6.45) is 0.142. The Kier molecular flexibility index (Phi) is 3.52. The molecule has 2 heterocycles. The molecule has 1 aromatic carbocycles. The first-order valence-electron chi connectivity index (χ1n) is 6.20. The summed E-state index contributed by atoms with van der Waals surface area (Å²) in [5.41, 5.74) is 1.36. The van der Waals surface area contributed by atoms with E-state index in [0.717, 1.165) is 16.5 Å². The van der Waals surface area contributed by atoms with Crippen LogP contribution in [0.3, 0.4) is 0 Å². The van der Waals surface area contributed by atoms with Crippen molar-refractivity contribution in [2.75, 3.05) is 13.2 Å². The van der Waals surface area contributed by atoms with Gasteiger partial charge in [0.05, 0.1) is 23.4 Å². The van der Waals surface area contributed by atoms with Crippen molar-refractivity contribution in [2.24, 2.45) is 5.16 Å². The fraction of sp³-hybridized carbons (Fsp3) is 0.385. The highest BCUT2D eigenvalue weighted by molar-refractivity contribution is 9.10. The average molecular weight is 342 g/mol. The van der Waals surface area contributed by atoms with Crippen molar-refractivity contribution >= 4 is 27.6 Å². The zero-order valence-corrected chi connectivity index (χ0v) is 12.1. The number of halogens is 1. The maximum absolute atomic E-state index is 10.9. The fourth-order valence-corrected chi connectivity index (χ4v) is 2.63. The summed E-state index contributed by atoms with van der Waals surface area (Å²) >= 11 is 3.44. The fourth-order valence-electron chi connectivity index (χ4n) is 2.08. The Morgan fingerprint density at radius 1 is 1.35 bits per heavy atom. The number of nitrogens with zero attached hydrogens (tertiary/aromatic N) is 1. The van der Waals surface area contributed by atoms with Gasteiger partial charge in [0.1, 0.15) is 0 Å². The minimum absolute atomic E-state index is 0.238. The standard InChI is InChI=1S/C13H12BrNO5/c14-8-4-7(9-6-11(13(16)17)20-15-9)5-10-12(8)19-3-1-2-18-10/h4-5,11H,1-3,6H2,(H,16,17). The molecule has 3 rings (SSSR count). The minimum Gasteiger partial charge on any atom is -0.489 e. The molecule has 2 aliphatic rings. The maximum atomic E-state index is 10.9. The topological polar surface area (TPSA) is 77.4 Å². The van der Waals surface area contributed by atoms with Crippen molar-refractivity contribution in [1.29, 1.82) is 0 Å². The number of fused-ring (bicyclic) bond motifs is 1. The Labute approximate surface area is 123 Å². The van der Waals surface area contributed by atoms with Crippen LogP contribution in [0.4, 0.5) is 0 Å². The molecule has 1 aromatic rings. The summed E-state index contributed by atoms with van der Waals surface area (Å²) in [6.45, 7) is 1.19.